The van der Waals surface area contributed by atoms with Gasteiger partial charge in [-0.05, 0) is 32.3 Å². The summed E-state index contributed by atoms with van der Waals surface area (Å²) < 4.78 is 5.40. The van der Waals surface area contributed by atoms with Gasteiger partial charge in [0.2, 0.25) is 0 Å². The van der Waals surface area contributed by atoms with Gasteiger partial charge in [0.05, 0.1) is 17.5 Å². The number of aliphatic hydroxyl groups excluding tert-OH is 1. The molecule has 0 radical (unpaired) electrons. The fraction of sp³-hybridized carbons (Fsp3) is 0.571. The first-order valence-electron chi connectivity index (χ1n) is 6.83. The van der Waals surface area contributed by atoms with Crippen molar-refractivity contribution in [3.63, 3.8) is 0 Å². The topological polar surface area (TPSA) is 67.3 Å². The Labute approximate surface area is 122 Å². The predicted octanol–water partition coefficient (Wildman–Crippen LogP) is 2.26. The number of aromatic nitrogens is 2. The van der Waals surface area contributed by atoms with Crippen molar-refractivity contribution < 1.29 is 9.84 Å². The summed E-state index contributed by atoms with van der Waals surface area (Å²) >= 11 is 1.68. The third-order valence-corrected chi connectivity index (χ3v) is 5.22. The molecule has 6 heteroatoms. The van der Waals surface area contributed by atoms with Crippen LogP contribution in [0.5, 0.6) is 0 Å². The van der Waals surface area contributed by atoms with Crippen molar-refractivity contribution in [2.24, 2.45) is 0 Å². The van der Waals surface area contributed by atoms with Crippen LogP contribution in [-0.2, 0) is 4.74 Å². The number of aliphatic hydroxyl groups is 1. The van der Waals surface area contributed by atoms with Crippen LogP contribution in [0.3, 0.4) is 0 Å². The van der Waals surface area contributed by atoms with Crippen LogP contribution >= 0.6 is 11.3 Å². The van der Waals surface area contributed by atoms with E-state index in [4.69, 9.17) is 4.74 Å². The lowest BCUT2D eigenvalue weighted by atomic mass is 9.91. The molecular weight excluding hydrogens is 274 g/mol. The van der Waals surface area contributed by atoms with Crippen LogP contribution in [0, 0.1) is 13.8 Å². The number of ether oxygens (including phenoxy) is 1. The van der Waals surface area contributed by atoms with Crippen LogP contribution in [0.25, 0.3) is 10.2 Å². The average Bonchev–Trinajstić information content (AvgIpc) is 2.76. The van der Waals surface area contributed by atoms with Crippen LogP contribution < -0.4 is 5.32 Å². The maximum atomic E-state index is 9.79. The van der Waals surface area contributed by atoms with E-state index in [1.54, 1.807) is 17.7 Å². The third-order valence-electron chi connectivity index (χ3n) is 4.10. The van der Waals surface area contributed by atoms with E-state index in [-0.39, 0.29) is 12.1 Å². The molecule has 1 aliphatic heterocycles. The van der Waals surface area contributed by atoms with Crippen molar-refractivity contribution in [2.75, 3.05) is 25.1 Å². The van der Waals surface area contributed by atoms with Crippen molar-refractivity contribution >= 4 is 27.4 Å². The smallest absolute Gasteiger partial charge is 0.138 e. The van der Waals surface area contributed by atoms with Gasteiger partial charge < -0.3 is 15.2 Å². The Kier molecular flexibility index (Phi) is 3.62. The summed E-state index contributed by atoms with van der Waals surface area (Å²) in [5.41, 5.74) is 0.884. The van der Waals surface area contributed by atoms with Crippen LogP contribution in [-0.4, -0.2) is 40.4 Å². The highest BCUT2D eigenvalue weighted by Crippen LogP contribution is 2.35. The molecule has 108 valence electrons. The minimum Gasteiger partial charge on any atom is -0.394 e. The Balaban J connectivity index is 2.01. The molecule has 3 heterocycles. The van der Waals surface area contributed by atoms with Gasteiger partial charge in [0.25, 0.3) is 0 Å². The van der Waals surface area contributed by atoms with Crippen molar-refractivity contribution in [2.45, 2.75) is 32.2 Å². The van der Waals surface area contributed by atoms with E-state index < -0.39 is 0 Å². The molecule has 0 spiro atoms. The molecule has 0 atom stereocenters. The van der Waals surface area contributed by atoms with Crippen molar-refractivity contribution in [3.05, 3.63) is 16.8 Å². The second-order valence-electron chi connectivity index (χ2n) is 5.36. The normalized spacial score (nSPS) is 18.4. The Morgan fingerprint density at radius 3 is 2.80 bits per heavy atom. The van der Waals surface area contributed by atoms with Gasteiger partial charge in [-0.3, -0.25) is 0 Å². The second-order valence-corrected chi connectivity index (χ2v) is 6.56. The first-order valence-corrected chi connectivity index (χ1v) is 7.64. The van der Waals surface area contributed by atoms with E-state index in [1.807, 2.05) is 0 Å². The Hall–Kier alpha value is -1.24. The molecule has 2 aromatic rings. The van der Waals surface area contributed by atoms with E-state index in [0.717, 1.165) is 28.9 Å². The van der Waals surface area contributed by atoms with Crippen LogP contribution in [0.4, 0.5) is 5.82 Å². The Morgan fingerprint density at radius 2 is 2.10 bits per heavy atom. The number of thiophene rings is 1. The Bertz CT molecular complexity index is 620. The van der Waals surface area contributed by atoms with E-state index in [2.05, 4.69) is 29.1 Å². The molecule has 2 N–H and O–H groups in total. The van der Waals surface area contributed by atoms with Gasteiger partial charge in [-0.2, -0.15) is 0 Å². The lowest BCUT2D eigenvalue weighted by molar-refractivity contribution is 0.0379. The molecule has 2 aromatic heterocycles. The Morgan fingerprint density at radius 1 is 1.35 bits per heavy atom. The number of rotatable bonds is 3. The first kappa shape index (κ1) is 13.7. The minimum absolute atomic E-state index is 0.0873. The lowest BCUT2D eigenvalue weighted by Gasteiger charge is -2.36. The summed E-state index contributed by atoms with van der Waals surface area (Å²) in [7, 11) is 0. The monoisotopic (exact) mass is 293 g/mol. The van der Waals surface area contributed by atoms with Crippen LogP contribution in [0.15, 0.2) is 6.33 Å². The lowest BCUT2D eigenvalue weighted by Crippen LogP contribution is -2.47. The summed E-state index contributed by atoms with van der Waals surface area (Å²) in [6.45, 7) is 5.62. The standard InChI is InChI=1S/C14H19N3O2S/c1-9-10(2)20-13-11(9)12(15-8-16-13)17-14(7-18)3-5-19-6-4-14/h8,18H,3-7H2,1-2H3,(H,15,16,17). The molecule has 1 fully saturated rings. The summed E-state index contributed by atoms with van der Waals surface area (Å²) in [4.78, 5) is 11.0. The number of hydrogen-bond donors (Lipinski definition) is 2. The predicted molar refractivity (Wildman–Crippen MR) is 80.4 cm³/mol. The van der Waals surface area contributed by atoms with Crippen LogP contribution in [0.2, 0.25) is 0 Å². The molecule has 20 heavy (non-hydrogen) atoms. The van der Waals surface area contributed by atoms with Gasteiger partial charge in [0.1, 0.15) is 17.0 Å². The van der Waals surface area contributed by atoms with Gasteiger partial charge in [-0.1, -0.05) is 0 Å². The number of nitrogens with one attached hydrogen (secondary N) is 1. The van der Waals surface area contributed by atoms with E-state index in [9.17, 15) is 5.11 Å². The molecule has 0 saturated carbocycles. The maximum Gasteiger partial charge on any atom is 0.138 e. The minimum atomic E-state index is -0.332. The molecular formula is C14H19N3O2S. The molecule has 1 aliphatic rings. The molecule has 0 unspecified atom stereocenters. The first-order chi connectivity index (χ1) is 9.65. The fourth-order valence-electron chi connectivity index (χ4n) is 2.61. The van der Waals surface area contributed by atoms with E-state index in [1.165, 1.54) is 10.4 Å². The summed E-state index contributed by atoms with van der Waals surface area (Å²) in [5, 5.41) is 14.3. The van der Waals surface area contributed by atoms with Crippen LogP contribution in [0.1, 0.15) is 23.3 Å². The second kappa shape index (κ2) is 5.27. The molecule has 5 nitrogen and oxygen atoms in total. The summed E-state index contributed by atoms with van der Waals surface area (Å²) in [6, 6.07) is 0. The van der Waals surface area contributed by atoms with Crippen molar-refractivity contribution in [3.8, 4) is 0 Å². The highest BCUT2D eigenvalue weighted by molar-refractivity contribution is 7.18. The quantitative estimate of drug-likeness (QED) is 0.908. The van der Waals surface area contributed by atoms with E-state index in [0.29, 0.717) is 13.2 Å². The van der Waals surface area contributed by atoms with Gasteiger partial charge in [-0.25, -0.2) is 9.97 Å². The molecule has 0 aromatic carbocycles. The zero-order chi connectivity index (χ0) is 14.2. The molecule has 0 bridgehead atoms. The molecule has 3 rings (SSSR count). The number of fused-ring (bicyclic) bond motifs is 1. The van der Waals surface area contributed by atoms with Crippen molar-refractivity contribution in [1.82, 2.24) is 9.97 Å². The summed E-state index contributed by atoms with van der Waals surface area (Å²) in [6.07, 6.45) is 3.17. The largest absolute Gasteiger partial charge is 0.394 e. The number of anilines is 1. The fourth-order valence-corrected chi connectivity index (χ4v) is 3.61. The van der Waals surface area contributed by atoms with Gasteiger partial charge in [-0.15, -0.1) is 11.3 Å². The number of aryl methyl sites for hydroxylation is 2. The highest BCUT2D eigenvalue weighted by Gasteiger charge is 2.33. The average molecular weight is 293 g/mol. The molecule has 1 saturated heterocycles. The maximum absolute atomic E-state index is 9.79. The number of nitrogens with zero attached hydrogens (tertiary/aromatic N) is 2. The summed E-state index contributed by atoms with van der Waals surface area (Å²) in [5.74, 6) is 0.827. The zero-order valence-corrected chi connectivity index (χ0v) is 12.6. The third kappa shape index (κ3) is 2.28. The van der Waals surface area contributed by atoms with E-state index >= 15 is 0 Å². The van der Waals surface area contributed by atoms with Gasteiger partial charge >= 0.3 is 0 Å². The zero-order valence-electron chi connectivity index (χ0n) is 11.8. The van der Waals surface area contributed by atoms with Gasteiger partial charge in [0, 0.05) is 18.1 Å². The van der Waals surface area contributed by atoms with Gasteiger partial charge in [0.15, 0.2) is 0 Å². The highest BCUT2D eigenvalue weighted by atomic mass is 32.1. The van der Waals surface area contributed by atoms with Crippen molar-refractivity contribution in [1.29, 1.82) is 0 Å². The molecule has 0 aliphatic carbocycles. The number of hydrogen-bond acceptors (Lipinski definition) is 6. The molecule has 0 amide bonds. The SMILES string of the molecule is Cc1sc2ncnc(NC3(CO)CCOCC3)c2c1C.